The van der Waals surface area contributed by atoms with Crippen LogP contribution in [0, 0.1) is 5.92 Å². The molecule has 1 amide bonds. The number of H-pyrrole nitrogens is 1. The van der Waals surface area contributed by atoms with E-state index in [0.29, 0.717) is 41.3 Å². The summed E-state index contributed by atoms with van der Waals surface area (Å²) in [6, 6.07) is 1.68. The lowest BCUT2D eigenvalue weighted by Gasteiger charge is -2.32. The second kappa shape index (κ2) is 9.51. The number of amides is 1. The quantitative estimate of drug-likeness (QED) is 0.366. The third-order valence-electron chi connectivity index (χ3n) is 4.97. The van der Waals surface area contributed by atoms with Crippen molar-refractivity contribution >= 4 is 52.3 Å². The van der Waals surface area contributed by atoms with Gasteiger partial charge in [-0.1, -0.05) is 0 Å². The van der Waals surface area contributed by atoms with E-state index in [4.69, 9.17) is 5.73 Å². The monoisotopic (exact) mass is 439 g/mol. The normalized spacial score (nSPS) is 15.2. The first-order valence-corrected chi connectivity index (χ1v) is 10.5. The number of anilines is 2. The van der Waals surface area contributed by atoms with Crippen LogP contribution in [0.1, 0.15) is 18.5 Å². The van der Waals surface area contributed by atoms with Crippen molar-refractivity contribution in [3.8, 4) is 0 Å². The van der Waals surface area contributed by atoms with Crippen molar-refractivity contribution in [2.24, 2.45) is 11.7 Å². The molecule has 0 aromatic carbocycles. The second-order valence-electron chi connectivity index (χ2n) is 7.00. The number of nitrogens with zero attached hydrogens (tertiary/aromatic N) is 6. The Hall–Kier alpha value is -3.54. The Labute approximate surface area is 182 Å². The molecule has 0 aliphatic carbocycles. The molecule has 12 heteroatoms. The Balaban J connectivity index is 1.34. The summed E-state index contributed by atoms with van der Waals surface area (Å²) < 4.78 is 0. The number of hydrogen-bond donors (Lipinski definition) is 3. The molecule has 0 saturated carbocycles. The van der Waals surface area contributed by atoms with E-state index in [1.54, 1.807) is 18.6 Å². The highest BCUT2D eigenvalue weighted by molar-refractivity contribution is 8.17. The summed E-state index contributed by atoms with van der Waals surface area (Å²) in [6.07, 6.45) is 8.83. The third kappa shape index (κ3) is 5.15. The van der Waals surface area contributed by atoms with Gasteiger partial charge >= 0.3 is 0 Å². The van der Waals surface area contributed by atoms with E-state index < -0.39 is 5.24 Å². The van der Waals surface area contributed by atoms with Crippen molar-refractivity contribution in [2.75, 3.05) is 29.9 Å². The van der Waals surface area contributed by atoms with Crippen LogP contribution in [-0.2, 0) is 4.79 Å². The van der Waals surface area contributed by atoms with Crippen molar-refractivity contribution in [3.63, 3.8) is 0 Å². The highest BCUT2D eigenvalue weighted by atomic mass is 32.2. The number of allylic oxidation sites excluding steroid dienone is 1. The van der Waals surface area contributed by atoms with Crippen molar-refractivity contribution in [1.29, 1.82) is 0 Å². The summed E-state index contributed by atoms with van der Waals surface area (Å²) >= 11 is 0.677. The number of primary amides is 1. The van der Waals surface area contributed by atoms with Crippen molar-refractivity contribution in [3.05, 3.63) is 35.5 Å². The first-order valence-electron chi connectivity index (χ1n) is 9.72. The number of aromatic nitrogens is 6. The van der Waals surface area contributed by atoms with Gasteiger partial charge in [0.2, 0.25) is 5.95 Å². The van der Waals surface area contributed by atoms with Gasteiger partial charge < -0.3 is 20.9 Å². The number of rotatable bonds is 7. The highest BCUT2D eigenvalue weighted by Gasteiger charge is 2.21. The van der Waals surface area contributed by atoms with Gasteiger partial charge in [0, 0.05) is 25.8 Å². The molecule has 0 spiro atoms. The first-order chi connectivity index (χ1) is 15.1. The van der Waals surface area contributed by atoms with Crippen LogP contribution in [0.15, 0.2) is 29.8 Å². The second-order valence-corrected chi connectivity index (χ2v) is 8.08. The summed E-state index contributed by atoms with van der Waals surface area (Å²) in [6.45, 7) is 2.44. The van der Waals surface area contributed by atoms with Crippen LogP contribution in [-0.4, -0.2) is 61.1 Å². The van der Waals surface area contributed by atoms with Crippen LogP contribution in [0.3, 0.4) is 0 Å². The zero-order valence-corrected chi connectivity index (χ0v) is 17.4. The van der Waals surface area contributed by atoms with Gasteiger partial charge in [0.05, 0.1) is 16.9 Å². The van der Waals surface area contributed by atoms with Crippen LogP contribution in [0.5, 0.6) is 0 Å². The number of nitrogens with two attached hydrogens (primary N) is 1. The number of imidazole rings is 1. The number of piperidine rings is 1. The van der Waals surface area contributed by atoms with Crippen LogP contribution in [0.4, 0.5) is 16.6 Å². The number of carbonyl (C=O) groups is 2. The van der Waals surface area contributed by atoms with Crippen LogP contribution in [0.2, 0.25) is 0 Å². The Morgan fingerprint density at radius 3 is 2.90 bits per heavy atom. The lowest BCUT2D eigenvalue weighted by molar-refractivity contribution is -0.104. The smallest absolute Gasteiger partial charge is 0.281 e. The van der Waals surface area contributed by atoms with Crippen LogP contribution in [0.25, 0.3) is 17.2 Å². The number of aromatic amines is 1. The minimum absolute atomic E-state index is 0.207. The molecular weight excluding hydrogens is 418 g/mol. The van der Waals surface area contributed by atoms with E-state index in [2.05, 4.69) is 40.1 Å². The molecule has 31 heavy (non-hydrogen) atoms. The summed E-state index contributed by atoms with van der Waals surface area (Å²) in [4.78, 5) is 49.0. The van der Waals surface area contributed by atoms with E-state index in [-0.39, 0.29) is 4.91 Å². The largest absolute Gasteiger partial charge is 0.368 e. The van der Waals surface area contributed by atoms with E-state index >= 15 is 0 Å². The molecule has 11 nitrogen and oxygen atoms in total. The maximum absolute atomic E-state index is 11.1. The van der Waals surface area contributed by atoms with Gasteiger partial charge in [-0.3, -0.25) is 9.59 Å². The van der Waals surface area contributed by atoms with Crippen LogP contribution < -0.4 is 16.0 Å². The SMILES string of the molecule is NC(=O)S/C(C=O)=C\c1ccnc(N2CCC(CNc3ncnc4nc[nH]c34)CC2)n1. The third-order valence-corrected chi connectivity index (χ3v) is 5.62. The topological polar surface area (TPSA) is 156 Å². The molecule has 160 valence electrons. The average molecular weight is 440 g/mol. The lowest BCUT2D eigenvalue weighted by Crippen LogP contribution is -2.37. The standard InChI is InChI=1S/C19H21N9O2S/c20-18(30)31-14(9-29)7-13-1-4-21-19(27-13)28-5-2-12(3-6-28)8-22-16-15-17(24-10-23-15)26-11-25-16/h1,4,7,9-12H,2-3,5-6,8H2,(H2,20,30)(H2,22,23,24,25,26)/b14-7-. The number of fused-ring (bicyclic) bond motifs is 1. The molecular formula is C19H21N9O2S. The van der Waals surface area contributed by atoms with Gasteiger partial charge in [0.15, 0.2) is 17.8 Å². The summed E-state index contributed by atoms with van der Waals surface area (Å²) in [5, 5.41) is 2.76. The molecule has 4 rings (SSSR count). The van der Waals surface area contributed by atoms with E-state index in [9.17, 15) is 9.59 Å². The van der Waals surface area contributed by atoms with Crippen molar-refractivity contribution in [2.45, 2.75) is 12.8 Å². The highest BCUT2D eigenvalue weighted by Crippen LogP contribution is 2.23. The number of carbonyl (C=O) groups excluding carboxylic acids is 2. The van der Waals surface area contributed by atoms with Gasteiger partial charge in [-0.15, -0.1) is 0 Å². The first kappa shape index (κ1) is 20.7. The molecule has 0 unspecified atom stereocenters. The molecule has 0 bridgehead atoms. The fraction of sp³-hybridized carbons (Fsp3) is 0.316. The number of aldehydes is 1. The minimum atomic E-state index is -0.640. The molecule has 4 heterocycles. The Kier molecular flexibility index (Phi) is 6.36. The van der Waals surface area contributed by atoms with Gasteiger partial charge in [-0.2, -0.15) is 0 Å². The zero-order valence-electron chi connectivity index (χ0n) is 16.6. The lowest BCUT2D eigenvalue weighted by atomic mass is 9.97. The maximum atomic E-state index is 11.1. The Morgan fingerprint density at radius 2 is 2.13 bits per heavy atom. The predicted molar refractivity (Wildman–Crippen MR) is 118 cm³/mol. The van der Waals surface area contributed by atoms with E-state index in [0.717, 1.165) is 43.8 Å². The molecule has 1 saturated heterocycles. The van der Waals surface area contributed by atoms with Gasteiger partial charge in [0.1, 0.15) is 11.8 Å². The number of thioether (sulfide) groups is 1. The Bertz CT molecular complexity index is 1110. The summed E-state index contributed by atoms with van der Waals surface area (Å²) in [5.74, 6) is 1.85. The maximum Gasteiger partial charge on any atom is 0.281 e. The molecule has 0 radical (unpaired) electrons. The van der Waals surface area contributed by atoms with Crippen molar-refractivity contribution in [1.82, 2.24) is 29.9 Å². The van der Waals surface area contributed by atoms with Gasteiger partial charge in [-0.25, -0.2) is 24.9 Å². The molecule has 1 fully saturated rings. The number of nitrogens with one attached hydrogen (secondary N) is 2. The predicted octanol–water partition coefficient (Wildman–Crippen LogP) is 1.82. The molecule has 3 aromatic rings. The molecule has 1 aliphatic heterocycles. The fourth-order valence-corrected chi connectivity index (χ4v) is 3.88. The summed E-state index contributed by atoms with van der Waals surface area (Å²) in [5.41, 5.74) is 7.14. The number of hydrogen-bond acceptors (Lipinski definition) is 10. The van der Waals surface area contributed by atoms with Crippen LogP contribution >= 0.6 is 11.8 Å². The van der Waals surface area contributed by atoms with E-state index in [1.807, 2.05) is 0 Å². The molecule has 1 aliphatic rings. The minimum Gasteiger partial charge on any atom is -0.368 e. The van der Waals surface area contributed by atoms with Crippen molar-refractivity contribution < 1.29 is 9.59 Å². The van der Waals surface area contributed by atoms with Gasteiger partial charge in [0.25, 0.3) is 5.24 Å². The zero-order chi connectivity index (χ0) is 21.6. The molecule has 0 atom stereocenters. The molecule has 3 aromatic heterocycles. The Morgan fingerprint density at radius 1 is 1.29 bits per heavy atom. The van der Waals surface area contributed by atoms with E-state index in [1.165, 1.54) is 12.4 Å². The molecule has 4 N–H and O–H groups in total. The average Bonchev–Trinajstić information content (AvgIpc) is 3.27. The summed E-state index contributed by atoms with van der Waals surface area (Å²) in [7, 11) is 0. The fourth-order valence-electron chi connectivity index (χ4n) is 3.42. The van der Waals surface area contributed by atoms with Gasteiger partial charge in [-0.05, 0) is 42.7 Å².